The molecule has 1 saturated carbocycles. The van der Waals surface area contributed by atoms with Crippen LogP contribution >= 0.6 is 11.6 Å². The van der Waals surface area contributed by atoms with Crippen molar-refractivity contribution in [3.05, 3.63) is 88.1 Å². The second-order valence-electron chi connectivity index (χ2n) is 11.7. The van der Waals surface area contributed by atoms with Crippen molar-refractivity contribution in [1.82, 2.24) is 15.3 Å². The molecule has 3 heterocycles. The zero-order valence-corrected chi connectivity index (χ0v) is 22.5. The maximum atomic E-state index is 14.8. The number of anilines is 1. The number of fused-ring (bicyclic) bond motifs is 6. The van der Waals surface area contributed by atoms with Crippen LogP contribution in [0.15, 0.2) is 54.7 Å². The third-order valence-corrected chi connectivity index (χ3v) is 8.28. The Hall–Kier alpha value is -2.54. The molecule has 4 bridgehead atoms. The van der Waals surface area contributed by atoms with E-state index in [1.54, 1.807) is 24.4 Å². The van der Waals surface area contributed by atoms with Crippen molar-refractivity contribution in [3.8, 4) is 0 Å². The number of aliphatic hydroxyl groups excluding tert-OH is 1. The molecule has 3 aromatic rings. The van der Waals surface area contributed by atoms with Crippen molar-refractivity contribution in [2.75, 3.05) is 11.9 Å². The van der Waals surface area contributed by atoms with Gasteiger partial charge in [0.2, 0.25) is 5.28 Å². The number of aromatic nitrogens is 2. The predicted octanol–water partition coefficient (Wildman–Crippen LogP) is 6.11. The molecule has 37 heavy (non-hydrogen) atoms. The number of hydrogen-bond acceptors (Lipinski definition) is 5. The van der Waals surface area contributed by atoms with E-state index >= 15 is 0 Å². The third-order valence-electron chi connectivity index (χ3n) is 8.10. The number of aliphatic hydroxyl groups is 1. The van der Waals surface area contributed by atoms with Gasteiger partial charge in [-0.25, -0.2) is 14.4 Å². The van der Waals surface area contributed by atoms with E-state index in [1.807, 2.05) is 0 Å². The van der Waals surface area contributed by atoms with Gasteiger partial charge in [-0.1, -0.05) is 51.1 Å². The average Bonchev–Trinajstić information content (AvgIpc) is 2.86. The van der Waals surface area contributed by atoms with E-state index < -0.39 is 12.1 Å². The van der Waals surface area contributed by atoms with E-state index in [9.17, 15) is 9.50 Å². The van der Waals surface area contributed by atoms with Gasteiger partial charge in [0.25, 0.3) is 0 Å². The SMILES string of the molecule is CC(C)(C)c1cccc(C23CCC(CC2)c2cc(F)cc(c2)C[C@H](Nc2ccnc(Cl)n2)[C@H](O)CN3)c1. The van der Waals surface area contributed by atoms with Gasteiger partial charge in [0.05, 0.1) is 12.1 Å². The second kappa shape index (κ2) is 10.3. The first-order chi connectivity index (χ1) is 17.6. The molecule has 0 saturated heterocycles. The number of halogens is 2. The van der Waals surface area contributed by atoms with Gasteiger partial charge in [0.15, 0.2) is 0 Å². The minimum atomic E-state index is -0.750. The summed E-state index contributed by atoms with van der Waals surface area (Å²) in [6.07, 6.45) is 5.05. The Kier molecular flexibility index (Phi) is 7.27. The highest BCUT2D eigenvalue weighted by Crippen LogP contribution is 2.44. The van der Waals surface area contributed by atoms with Crippen molar-refractivity contribution in [3.63, 3.8) is 0 Å². The Morgan fingerprint density at radius 2 is 1.89 bits per heavy atom. The molecule has 2 aromatic carbocycles. The summed E-state index contributed by atoms with van der Waals surface area (Å²) in [6, 6.07) is 15.6. The summed E-state index contributed by atoms with van der Waals surface area (Å²) in [5.74, 6) is 0.615. The van der Waals surface area contributed by atoms with Gasteiger partial charge < -0.3 is 15.7 Å². The molecule has 6 rings (SSSR count). The molecule has 3 N–H and O–H groups in total. The van der Waals surface area contributed by atoms with E-state index in [0.29, 0.717) is 24.7 Å². The molecule has 0 radical (unpaired) electrons. The summed E-state index contributed by atoms with van der Waals surface area (Å²) < 4.78 is 14.8. The van der Waals surface area contributed by atoms with Crippen LogP contribution in [0, 0.1) is 5.82 Å². The van der Waals surface area contributed by atoms with Gasteiger partial charge in [-0.3, -0.25) is 0 Å². The molecule has 2 aliphatic heterocycles. The normalized spacial score (nSPS) is 26.3. The maximum absolute atomic E-state index is 14.8. The Morgan fingerprint density at radius 1 is 1.11 bits per heavy atom. The minimum Gasteiger partial charge on any atom is -0.390 e. The first kappa shape index (κ1) is 26.1. The Morgan fingerprint density at radius 3 is 2.62 bits per heavy atom. The highest BCUT2D eigenvalue weighted by molar-refractivity contribution is 6.28. The van der Waals surface area contributed by atoms with Crippen molar-refractivity contribution >= 4 is 17.4 Å². The molecule has 3 aliphatic rings. The topological polar surface area (TPSA) is 70.1 Å². The largest absolute Gasteiger partial charge is 0.390 e. The molecule has 7 heteroatoms. The van der Waals surface area contributed by atoms with Crippen molar-refractivity contribution in [2.45, 2.75) is 81.9 Å². The number of benzene rings is 2. The molecule has 2 atom stereocenters. The Bertz CT molecular complexity index is 1250. The molecule has 0 unspecified atom stereocenters. The van der Waals surface area contributed by atoms with Crippen LogP contribution in [0.4, 0.5) is 10.2 Å². The highest BCUT2D eigenvalue weighted by atomic mass is 35.5. The molecule has 196 valence electrons. The fourth-order valence-electron chi connectivity index (χ4n) is 5.91. The van der Waals surface area contributed by atoms with E-state index in [1.165, 1.54) is 11.1 Å². The van der Waals surface area contributed by atoms with Crippen LogP contribution in [0.1, 0.15) is 74.6 Å². The van der Waals surface area contributed by atoms with Crippen molar-refractivity contribution in [2.24, 2.45) is 0 Å². The lowest BCUT2D eigenvalue weighted by molar-refractivity contribution is 0.119. The lowest BCUT2D eigenvalue weighted by Gasteiger charge is -2.43. The molecule has 1 aliphatic carbocycles. The summed E-state index contributed by atoms with van der Waals surface area (Å²) in [4.78, 5) is 8.20. The quantitative estimate of drug-likeness (QED) is 0.362. The molecule has 5 nitrogen and oxygen atoms in total. The lowest BCUT2D eigenvalue weighted by atomic mass is 9.69. The standard InChI is InChI=1S/C30H36ClFN4O/c1-29(2,3)22-5-4-6-23(17-22)30-10-7-20(8-11-30)21-13-19(14-24(32)16-21)15-25(26(37)18-34-30)35-27-9-12-33-28(31)36-27/h4-6,9,12-14,16-17,20,25-26,34,37H,7-8,10-11,15,18H2,1-3H3,(H,33,35,36)/t20?,25-,26+,30?/m0/s1. The summed E-state index contributed by atoms with van der Waals surface area (Å²) in [5, 5.41) is 18.7. The Balaban J connectivity index is 1.52. The highest BCUT2D eigenvalue weighted by Gasteiger charge is 2.39. The first-order valence-corrected chi connectivity index (χ1v) is 13.6. The van der Waals surface area contributed by atoms with Crippen LogP contribution in [0.25, 0.3) is 0 Å². The Labute approximate surface area is 223 Å². The monoisotopic (exact) mass is 522 g/mol. The first-order valence-electron chi connectivity index (χ1n) is 13.2. The van der Waals surface area contributed by atoms with Crippen LogP contribution in [-0.2, 0) is 17.4 Å². The summed E-state index contributed by atoms with van der Waals surface area (Å²) in [5.41, 5.74) is 4.25. The van der Waals surface area contributed by atoms with Crippen LogP contribution in [0.3, 0.4) is 0 Å². The van der Waals surface area contributed by atoms with Gasteiger partial charge >= 0.3 is 0 Å². The zero-order valence-electron chi connectivity index (χ0n) is 21.8. The average molecular weight is 523 g/mol. The smallest absolute Gasteiger partial charge is 0.224 e. The molecule has 0 spiro atoms. The molecule has 1 fully saturated rings. The number of nitrogens with one attached hydrogen (secondary N) is 2. The number of hydrogen-bond donors (Lipinski definition) is 3. The van der Waals surface area contributed by atoms with E-state index in [4.69, 9.17) is 11.6 Å². The van der Waals surface area contributed by atoms with Gasteiger partial charge in [-0.2, -0.15) is 0 Å². The fourth-order valence-corrected chi connectivity index (χ4v) is 6.06. The van der Waals surface area contributed by atoms with Gasteiger partial charge in [-0.05, 0) is 95.5 Å². The maximum Gasteiger partial charge on any atom is 0.224 e. The predicted molar refractivity (Wildman–Crippen MR) is 147 cm³/mol. The van der Waals surface area contributed by atoms with Crippen LogP contribution < -0.4 is 10.6 Å². The third kappa shape index (κ3) is 5.82. The number of rotatable bonds is 3. The van der Waals surface area contributed by atoms with Crippen LogP contribution in [0.5, 0.6) is 0 Å². The van der Waals surface area contributed by atoms with Crippen molar-refractivity contribution < 1.29 is 9.50 Å². The van der Waals surface area contributed by atoms with E-state index in [2.05, 4.69) is 71.7 Å². The molecule has 0 amide bonds. The fraction of sp³-hybridized carbons (Fsp3) is 0.467. The van der Waals surface area contributed by atoms with Crippen LogP contribution in [-0.4, -0.2) is 33.8 Å². The van der Waals surface area contributed by atoms with E-state index in [-0.39, 0.29) is 22.1 Å². The minimum absolute atomic E-state index is 0.0422. The zero-order chi connectivity index (χ0) is 26.2. The number of nitrogens with zero attached hydrogens (tertiary/aromatic N) is 2. The van der Waals surface area contributed by atoms with Gasteiger partial charge in [0.1, 0.15) is 11.6 Å². The van der Waals surface area contributed by atoms with Gasteiger partial charge in [0, 0.05) is 18.3 Å². The lowest BCUT2D eigenvalue weighted by Crippen LogP contribution is -2.51. The summed E-state index contributed by atoms with van der Waals surface area (Å²) in [7, 11) is 0. The molecule has 1 aromatic heterocycles. The van der Waals surface area contributed by atoms with Crippen molar-refractivity contribution in [1.29, 1.82) is 0 Å². The van der Waals surface area contributed by atoms with Crippen LogP contribution in [0.2, 0.25) is 5.28 Å². The van der Waals surface area contributed by atoms with Gasteiger partial charge in [-0.15, -0.1) is 0 Å². The summed E-state index contributed by atoms with van der Waals surface area (Å²) in [6.45, 7) is 7.09. The van der Waals surface area contributed by atoms with E-state index in [0.717, 1.165) is 36.8 Å². The molecular weight excluding hydrogens is 487 g/mol. The molecular formula is C30H36ClFN4O. The summed E-state index contributed by atoms with van der Waals surface area (Å²) >= 11 is 6.01. The second-order valence-corrected chi connectivity index (χ2v) is 12.0.